The van der Waals surface area contributed by atoms with Crippen LogP contribution in [0.2, 0.25) is 0 Å². The minimum atomic E-state index is -3.12. The second-order valence-electron chi connectivity index (χ2n) is 15.9. The van der Waals surface area contributed by atoms with Crippen LogP contribution in [0.15, 0.2) is 237 Å². The Morgan fingerprint density at radius 1 is 0.344 bits per heavy atom. The molecule has 0 atom stereocenters. The lowest BCUT2D eigenvalue weighted by Gasteiger charge is -2.35. The van der Waals surface area contributed by atoms with Crippen molar-refractivity contribution >= 4 is 50.6 Å². The first-order valence-corrected chi connectivity index (χ1v) is 23.4. The number of nitriles is 1. The molecule has 300 valence electrons. The Hall–Kier alpha value is -8.50. The zero-order chi connectivity index (χ0) is 42.9. The van der Waals surface area contributed by atoms with Gasteiger partial charge < -0.3 is 0 Å². The minimum Gasteiger partial charge on any atom is -0.278 e. The standard InChI is InChI=1S/C58H39N5Si/c59-40-41-34-35-55-53(36-41)52-32-13-14-33-54(52)63(55)58-61-56(44-22-9-3-10-23-44)60-57(62-58)47-26-17-31-51(39-47)64(48-27-11-4-12-28-48,49-29-15-24-45(37-49)42-18-5-1-6-19-42)50-30-16-25-46(38-50)43-20-7-2-8-21-43/h1-39H. The van der Waals surface area contributed by atoms with Crippen LogP contribution in [0.5, 0.6) is 0 Å². The second kappa shape index (κ2) is 16.4. The van der Waals surface area contributed by atoms with Crippen LogP contribution in [0.25, 0.3) is 72.8 Å². The van der Waals surface area contributed by atoms with Crippen molar-refractivity contribution in [2.24, 2.45) is 0 Å². The Morgan fingerprint density at radius 3 is 1.36 bits per heavy atom. The van der Waals surface area contributed by atoms with Gasteiger partial charge in [-0.25, -0.2) is 4.98 Å². The lowest BCUT2D eigenvalue weighted by molar-refractivity contribution is 0.953. The fourth-order valence-corrected chi connectivity index (χ4v) is 14.1. The number of hydrogen-bond donors (Lipinski definition) is 0. The van der Waals surface area contributed by atoms with Crippen LogP contribution in [-0.2, 0) is 0 Å². The van der Waals surface area contributed by atoms with E-state index >= 15 is 0 Å². The topological polar surface area (TPSA) is 67.4 Å². The molecule has 0 N–H and O–H groups in total. The number of rotatable bonds is 9. The van der Waals surface area contributed by atoms with Gasteiger partial charge in [0.15, 0.2) is 19.7 Å². The van der Waals surface area contributed by atoms with E-state index in [1.165, 1.54) is 43.0 Å². The van der Waals surface area contributed by atoms with Gasteiger partial charge >= 0.3 is 0 Å². The summed E-state index contributed by atoms with van der Waals surface area (Å²) in [6.07, 6.45) is 0. The van der Waals surface area contributed by atoms with Gasteiger partial charge in [0.2, 0.25) is 5.95 Å². The van der Waals surface area contributed by atoms with Crippen LogP contribution >= 0.6 is 0 Å². The molecule has 11 aromatic rings. The molecule has 0 aliphatic rings. The summed E-state index contributed by atoms with van der Waals surface area (Å²) in [5, 5.41) is 16.9. The quantitative estimate of drug-likeness (QED) is 0.107. The summed E-state index contributed by atoms with van der Waals surface area (Å²) in [5.41, 5.74) is 8.92. The highest BCUT2D eigenvalue weighted by Crippen LogP contribution is 2.33. The third kappa shape index (κ3) is 6.78. The molecular formula is C58H39N5Si. The molecule has 2 heterocycles. The predicted molar refractivity (Wildman–Crippen MR) is 264 cm³/mol. The smallest absolute Gasteiger partial charge is 0.238 e. The lowest BCUT2D eigenvalue weighted by Crippen LogP contribution is -2.74. The van der Waals surface area contributed by atoms with Crippen molar-refractivity contribution in [1.29, 1.82) is 5.26 Å². The zero-order valence-electron chi connectivity index (χ0n) is 34.8. The van der Waals surface area contributed by atoms with E-state index < -0.39 is 8.07 Å². The van der Waals surface area contributed by atoms with Gasteiger partial charge in [0.1, 0.15) is 0 Å². The van der Waals surface area contributed by atoms with E-state index in [4.69, 9.17) is 15.0 Å². The molecule has 0 amide bonds. The monoisotopic (exact) mass is 833 g/mol. The molecule has 5 nitrogen and oxygen atoms in total. The number of hydrogen-bond acceptors (Lipinski definition) is 4. The number of aromatic nitrogens is 4. The maximum absolute atomic E-state index is 9.86. The zero-order valence-corrected chi connectivity index (χ0v) is 35.8. The van der Waals surface area contributed by atoms with Crippen molar-refractivity contribution < 1.29 is 0 Å². The molecule has 0 unspecified atom stereocenters. The van der Waals surface area contributed by atoms with Gasteiger partial charge in [-0.05, 0) is 67.3 Å². The van der Waals surface area contributed by atoms with E-state index in [2.05, 4.69) is 187 Å². The van der Waals surface area contributed by atoms with Crippen molar-refractivity contribution in [2.75, 3.05) is 0 Å². The summed E-state index contributed by atoms with van der Waals surface area (Å²) in [7, 11) is -3.12. The van der Waals surface area contributed by atoms with Gasteiger partial charge in [0.25, 0.3) is 0 Å². The van der Waals surface area contributed by atoms with Gasteiger partial charge in [-0.2, -0.15) is 15.2 Å². The molecule has 0 saturated heterocycles. The first-order valence-electron chi connectivity index (χ1n) is 21.4. The normalized spacial score (nSPS) is 11.4. The van der Waals surface area contributed by atoms with Gasteiger partial charge in [-0.3, -0.25) is 4.57 Å². The van der Waals surface area contributed by atoms with E-state index in [9.17, 15) is 5.26 Å². The molecular weight excluding hydrogens is 795 g/mol. The highest BCUT2D eigenvalue weighted by atomic mass is 28.3. The molecule has 0 aliphatic heterocycles. The Bertz CT molecular complexity index is 3420. The number of benzene rings is 9. The fraction of sp³-hybridized carbons (Fsp3) is 0. The minimum absolute atomic E-state index is 0.503. The van der Waals surface area contributed by atoms with Crippen molar-refractivity contribution in [3.63, 3.8) is 0 Å². The van der Waals surface area contributed by atoms with Crippen LogP contribution in [0, 0.1) is 11.3 Å². The first kappa shape index (κ1) is 38.4. The first-order chi connectivity index (χ1) is 31.7. The van der Waals surface area contributed by atoms with Crippen molar-refractivity contribution in [1.82, 2.24) is 19.5 Å². The number of fused-ring (bicyclic) bond motifs is 3. The van der Waals surface area contributed by atoms with Crippen LogP contribution < -0.4 is 20.7 Å². The summed E-state index contributed by atoms with van der Waals surface area (Å²) in [6.45, 7) is 0. The molecule has 11 rings (SSSR count). The van der Waals surface area contributed by atoms with E-state index in [0.717, 1.165) is 32.9 Å². The van der Waals surface area contributed by atoms with Crippen LogP contribution in [0.1, 0.15) is 5.56 Å². The molecule has 0 spiro atoms. The highest BCUT2D eigenvalue weighted by Gasteiger charge is 2.42. The van der Waals surface area contributed by atoms with E-state index in [1.54, 1.807) is 0 Å². The molecule has 0 fully saturated rings. The van der Waals surface area contributed by atoms with E-state index in [1.807, 2.05) is 60.7 Å². The predicted octanol–water partition coefficient (Wildman–Crippen LogP) is 10.9. The Balaban J connectivity index is 1.19. The van der Waals surface area contributed by atoms with Crippen molar-refractivity contribution in [3.8, 4) is 57.0 Å². The molecule has 64 heavy (non-hydrogen) atoms. The number of para-hydroxylation sites is 1. The van der Waals surface area contributed by atoms with E-state index in [0.29, 0.717) is 23.2 Å². The molecule has 9 aromatic carbocycles. The molecule has 2 aromatic heterocycles. The maximum atomic E-state index is 9.86. The average Bonchev–Trinajstić information content (AvgIpc) is 3.71. The van der Waals surface area contributed by atoms with Crippen molar-refractivity contribution in [2.45, 2.75) is 0 Å². The highest BCUT2D eigenvalue weighted by molar-refractivity contribution is 7.20. The van der Waals surface area contributed by atoms with Crippen LogP contribution in [0.4, 0.5) is 0 Å². The SMILES string of the molecule is N#Cc1ccc2c(c1)c1ccccc1n2-c1nc(-c2ccccc2)nc(-c2cccc([Si](c3ccccc3)(c3cccc(-c4ccccc4)c3)c3cccc(-c4ccccc4)c3)c2)n1. The Kier molecular flexibility index (Phi) is 9.85. The summed E-state index contributed by atoms with van der Waals surface area (Å²) >= 11 is 0. The van der Waals surface area contributed by atoms with Gasteiger partial charge in [-0.1, -0.05) is 212 Å². The van der Waals surface area contributed by atoms with Crippen molar-refractivity contribution in [3.05, 3.63) is 242 Å². The molecule has 0 saturated carbocycles. The Morgan fingerprint density at radius 2 is 0.781 bits per heavy atom. The largest absolute Gasteiger partial charge is 0.278 e. The van der Waals surface area contributed by atoms with Gasteiger partial charge in [0.05, 0.1) is 22.7 Å². The third-order valence-electron chi connectivity index (χ3n) is 12.2. The maximum Gasteiger partial charge on any atom is 0.238 e. The summed E-state index contributed by atoms with van der Waals surface area (Å²) in [5.74, 6) is 1.64. The third-order valence-corrected chi connectivity index (χ3v) is 17.0. The summed E-state index contributed by atoms with van der Waals surface area (Å²) in [4.78, 5) is 15.8. The Labute approximate surface area is 372 Å². The lowest BCUT2D eigenvalue weighted by atomic mass is 10.1. The molecule has 0 aliphatic carbocycles. The molecule has 6 heteroatoms. The van der Waals surface area contributed by atoms with Gasteiger partial charge in [0, 0.05) is 21.9 Å². The van der Waals surface area contributed by atoms with Gasteiger partial charge in [-0.15, -0.1) is 0 Å². The average molecular weight is 834 g/mol. The number of nitrogens with zero attached hydrogens (tertiary/aromatic N) is 5. The van der Waals surface area contributed by atoms with Crippen LogP contribution in [0.3, 0.4) is 0 Å². The summed E-state index contributed by atoms with van der Waals surface area (Å²) < 4.78 is 2.10. The van der Waals surface area contributed by atoms with Crippen LogP contribution in [-0.4, -0.2) is 27.6 Å². The molecule has 0 bridgehead atoms. The van der Waals surface area contributed by atoms with E-state index in [-0.39, 0.29) is 0 Å². The molecule has 0 radical (unpaired) electrons. The fourth-order valence-electron chi connectivity index (χ4n) is 9.27. The summed E-state index contributed by atoms with van der Waals surface area (Å²) in [6, 6.07) is 86.0. The second-order valence-corrected chi connectivity index (χ2v) is 19.7.